The van der Waals surface area contributed by atoms with Gasteiger partial charge in [0, 0.05) is 19.6 Å². The minimum absolute atomic E-state index is 0.171. The number of aliphatic hydroxyl groups excluding tert-OH is 1. The van der Waals surface area contributed by atoms with Crippen LogP contribution in [0, 0.1) is 0 Å². The van der Waals surface area contributed by atoms with Gasteiger partial charge in [-0.1, -0.05) is 12.1 Å². The zero-order chi connectivity index (χ0) is 12.3. The Hall–Kier alpha value is -1.20. The maximum absolute atomic E-state index is 11.9. The molecular weight excluding hydrogens is 228 g/mol. The lowest BCUT2D eigenvalue weighted by Crippen LogP contribution is -2.21. The highest BCUT2D eigenvalue weighted by atomic mass is 19.3. The number of nitrogens with zero attached hydrogens (tertiary/aromatic N) is 1. The molecule has 1 aromatic rings. The molecule has 1 aliphatic rings. The van der Waals surface area contributed by atoms with Gasteiger partial charge in [0.25, 0.3) is 0 Å². The van der Waals surface area contributed by atoms with Gasteiger partial charge in [-0.3, -0.25) is 4.90 Å². The fourth-order valence-electron chi connectivity index (χ4n) is 1.99. The molecule has 0 amide bonds. The first-order chi connectivity index (χ1) is 8.13. The third-order valence-corrected chi connectivity index (χ3v) is 2.80. The highest BCUT2D eigenvalue weighted by molar-refractivity contribution is 5.27. The van der Waals surface area contributed by atoms with Gasteiger partial charge < -0.3 is 9.84 Å². The Balaban J connectivity index is 1.89. The van der Waals surface area contributed by atoms with E-state index >= 15 is 0 Å². The number of alkyl halides is 2. The standard InChI is InChI=1S/C12H15F2NO2/c13-12(14)17-11-3-1-9(2-4-11)7-15-6-5-10(16)8-15/h1-4,10,12,16H,5-8H2/t10-/m0/s1. The van der Waals surface area contributed by atoms with Crippen LogP contribution in [0.3, 0.4) is 0 Å². The highest BCUT2D eigenvalue weighted by Gasteiger charge is 2.19. The summed E-state index contributed by atoms with van der Waals surface area (Å²) in [4.78, 5) is 2.13. The molecule has 0 saturated carbocycles. The summed E-state index contributed by atoms with van der Waals surface area (Å²) in [5, 5.41) is 9.38. The van der Waals surface area contributed by atoms with Crippen LogP contribution in [0.5, 0.6) is 5.75 Å². The van der Waals surface area contributed by atoms with E-state index in [0.717, 1.165) is 25.1 Å². The molecular formula is C12H15F2NO2. The predicted octanol–water partition coefficient (Wildman–Crippen LogP) is 1.85. The van der Waals surface area contributed by atoms with Crippen LogP contribution in [0.15, 0.2) is 24.3 Å². The lowest BCUT2D eigenvalue weighted by Gasteiger charge is -2.15. The zero-order valence-corrected chi connectivity index (χ0v) is 9.35. The number of ether oxygens (including phenoxy) is 1. The summed E-state index contributed by atoms with van der Waals surface area (Å²) in [7, 11) is 0. The van der Waals surface area contributed by atoms with E-state index in [1.807, 2.05) is 0 Å². The van der Waals surface area contributed by atoms with Crippen LogP contribution < -0.4 is 4.74 Å². The number of hydrogen-bond acceptors (Lipinski definition) is 3. The lowest BCUT2D eigenvalue weighted by atomic mass is 10.2. The summed E-state index contributed by atoms with van der Waals surface area (Å²) < 4.78 is 28.1. The van der Waals surface area contributed by atoms with E-state index in [1.54, 1.807) is 12.1 Å². The van der Waals surface area contributed by atoms with Crippen LogP contribution in [0.25, 0.3) is 0 Å². The minimum Gasteiger partial charge on any atom is -0.435 e. The third-order valence-electron chi connectivity index (χ3n) is 2.80. The van der Waals surface area contributed by atoms with Gasteiger partial charge >= 0.3 is 6.61 Å². The van der Waals surface area contributed by atoms with Crippen molar-refractivity contribution in [2.24, 2.45) is 0 Å². The SMILES string of the molecule is O[C@H]1CCN(Cc2ccc(OC(F)F)cc2)C1. The summed E-state index contributed by atoms with van der Waals surface area (Å²) in [6.07, 6.45) is 0.559. The van der Waals surface area contributed by atoms with E-state index < -0.39 is 6.61 Å². The second kappa shape index (κ2) is 5.42. The van der Waals surface area contributed by atoms with Crippen molar-refractivity contribution < 1.29 is 18.6 Å². The third kappa shape index (κ3) is 3.64. The van der Waals surface area contributed by atoms with Gasteiger partial charge in [-0.05, 0) is 24.1 Å². The van der Waals surface area contributed by atoms with Crippen LogP contribution in [-0.4, -0.2) is 35.8 Å². The second-order valence-corrected chi connectivity index (χ2v) is 4.20. The monoisotopic (exact) mass is 243 g/mol. The van der Waals surface area contributed by atoms with Crippen molar-refractivity contribution in [3.05, 3.63) is 29.8 Å². The normalized spacial score (nSPS) is 21.1. The molecule has 0 aromatic heterocycles. The molecule has 94 valence electrons. The number of benzene rings is 1. The summed E-state index contributed by atoms with van der Waals surface area (Å²) >= 11 is 0. The molecule has 1 heterocycles. The number of rotatable bonds is 4. The predicted molar refractivity (Wildman–Crippen MR) is 59.0 cm³/mol. The first-order valence-corrected chi connectivity index (χ1v) is 5.57. The van der Waals surface area contributed by atoms with E-state index in [0.29, 0.717) is 6.54 Å². The Morgan fingerprint density at radius 3 is 2.59 bits per heavy atom. The number of aliphatic hydroxyl groups is 1. The topological polar surface area (TPSA) is 32.7 Å². The molecule has 1 aliphatic heterocycles. The Morgan fingerprint density at radius 1 is 1.35 bits per heavy atom. The van der Waals surface area contributed by atoms with Crippen molar-refractivity contribution in [3.8, 4) is 5.75 Å². The van der Waals surface area contributed by atoms with Crippen LogP contribution in [0.4, 0.5) is 8.78 Å². The second-order valence-electron chi connectivity index (χ2n) is 4.20. The van der Waals surface area contributed by atoms with Crippen LogP contribution in [-0.2, 0) is 6.54 Å². The molecule has 5 heteroatoms. The quantitative estimate of drug-likeness (QED) is 0.876. The molecule has 1 atom stereocenters. The van der Waals surface area contributed by atoms with Crippen LogP contribution in [0.2, 0.25) is 0 Å². The molecule has 1 aromatic carbocycles. The van der Waals surface area contributed by atoms with Gasteiger partial charge in [-0.15, -0.1) is 0 Å². The van der Waals surface area contributed by atoms with Crippen molar-refractivity contribution in [1.82, 2.24) is 4.90 Å². The smallest absolute Gasteiger partial charge is 0.387 e. The Bertz CT molecular complexity index is 356. The fraction of sp³-hybridized carbons (Fsp3) is 0.500. The molecule has 2 rings (SSSR count). The van der Waals surface area contributed by atoms with Crippen LogP contribution >= 0.6 is 0 Å². The first kappa shape index (κ1) is 12.3. The summed E-state index contributed by atoms with van der Waals surface area (Å²) in [6, 6.07) is 6.60. The molecule has 1 saturated heterocycles. The molecule has 1 N–H and O–H groups in total. The Labute approximate surface area is 98.6 Å². The van der Waals surface area contributed by atoms with Crippen molar-refractivity contribution in [3.63, 3.8) is 0 Å². The summed E-state index contributed by atoms with van der Waals surface area (Å²) in [6.45, 7) is -0.507. The number of β-amino-alcohol motifs (C(OH)–C–C–N with tert-alkyl or cyclic N) is 1. The van der Waals surface area contributed by atoms with Gasteiger partial charge in [0.2, 0.25) is 0 Å². The largest absolute Gasteiger partial charge is 0.435 e. The molecule has 0 aliphatic carbocycles. The summed E-state index contributed by atoms with van der Waals surface area (Å²) in [5.74, 6) is 0.171. The minimum atomic E-state index is -2.78. The number of halogens is 2. The lowest BCUT2D eigenvalue weighted by molar-refractivity contribution is -0.0498. The van der Waals surface area contributed by atoms with E-state index in [2.05, 4.69) is 9.64 Å². The van der Waals surface area contributed by atoms with E-state index in [-0.39, 0.29) is 11.9 Å². The number of hydrogen-bond donors (Lipinski definition) is 1. The van der Waals surface area contributed by atoms with E-state index in [4.69, 9.17) is 0 Å². The van der Waals surface area contributed by atoms with Crippen molar-refractivity contribution in [1.29, 1.82) is 0 Å². The Kier molecular flexibility index (Phi) is 3.91. The molecule has 17 heavy (non-hydrogen) atoms. The van der Waals surface area contributed by atoms with Gasteiger partial charge in [-0.2, -0.15) is 8.78 Å². The van der Waals surface area contributed by atoms with Gasteiger partial charge in [-0.25, -0.2) is 0 Å². The molecule has 3 nitrogen and oxygen atoms in total. The van der Waals surface area contributed by atoms with Crippen molar-refractivity contribution in [2.75, 3.05) is 13.1 Å². The molecule has 0 unspecified atom stereocenters. The number of likely N-dealkylation sites (tertiary alicyclic amines) is 1. The molecule has 0 bridgehead atoms. The molecule has 1 fully saturated rings. The maximum atomic E-state index is 11.9. The van der Waals surface area contributed by atoms with E-state index in [1.165, 1.54) is 12.1 Å². The molecule has 0 spiro atoms. The Morgan fingerprint density at radius 2 is 2.06 bits per heavy atom. The van der Waals surface area contributed by atoms with Crippen molar-refractivity contribution in [2.45, 2.75) is 25.7 Å². The molecule has 0 radical (unpaired) electrons. The highest BCUT2D eigenvalue weighted by Crippen LogP contribution is 2.18. The van der Waals surface area contributed by atoms with Crippen LogP contribution in [0.1, 0.15) is 12.0 Å². The first-order valence-electron chi connectivity index (χ1n) is 5.57. The fourth-order valence-corrected chi connectivity index (χ4v) is 1.99. The average molecular weight is 243 g/mol. The van der Waals surface area contributed by atoms with Crippen molar-refractivity contribution >= 4 is 0 Å². The van der Waals surface area contributed by atoms with Gasteiger partial charge in [0.05, 0.1) is 6.10 Å². The summed E-state index contributed by atoms with van der Waals surface area (Å²) in [5.41, 5.74) is 1.03. The maximum Gasteiger partial charge on any atom is 0.387 e. The zero-order valence-electron chi connectivity index (χ0n) is 9.35. The van der Waals surface area contributed by atoms with E-state index in [9.17, 15) is 13.9 Å². The average Bonchev–Trinajstić information content (AvgIpc) is 2.66. The van der Waals surface area contributed by atoms with Gasteiger partial charge in [0.1, 0.15) is 5.75 Å². The van der Waals surface area contributed by atoms with Gasteiger partial charge in [0.15, 0.2) is 0 Å².